The van der Waals surface area contributed by atoms with Crippen molar-refractivity contribution in [2.75, 3.05) is 0 Å². The van der Waals surface area contributed by atoms with Crippen molar-refractivity contribution >= 4 is 0 Å². The summed E-state index contributed by atoms with van der Waals surface area (Å²) >= 11 is 0. The van der Waals surface area contributed by atoms with Gasteiger partial charge in [0.1, 0.15) is 0 Å². The Balaban J connectivity index is 1.96. The summed E-state index contributed by atoms with van der Waals surface area (Å²) in [5.41, 5.74) is 9.37. The highest BCUT2D eigenvalue weighted by molar-refractivity contribution is 5.42. The number of hydrogen-bond donors (Lipinski definition) is 0. The Hall–Kier alpha value is -1.04. The molecule has 0 nitrogen and oxygen atoms in total. The molecule has 2 aliphatic carbocycles. The zero-order chi connectivity index (χ0) is 11.7. The van der Waals surface area contributed by atoms with Gasteiger partial charge in [0, 0.05) is 0 Å². The first kappa shape index (κ1) is 11.4. The van der Waals surface area contributed by atoms with Gasteiger partial charge in [-0.15, -0.1) is 0 Å². The predicted octanol–water partition coefficient (Wildman–Crippen LogP) is 5.10. The highest BCUT2D eigenvalue weighted by Gasteiger charge is 2.14. The van der Waals surface area contributed by atoms with Crippen LogP contribution < -0.4 is 0 Å². The normalized spacial score (nSPS) is 20.8. The van der Waals surface area contributed by atoms with Gasteiger partial charge >= 0.3 is 0 Å². The second-order valence-corrected chi connectivity index (χ2v) is 5.14. The molecule has 16 heavy (non-hydrogen) atoms. The average molecular weight is 214 g/mol. The first-order valence-electron chi connectivity index (χ1n) is 6.31. The second kappa shape index (κ2) is 4.45. The summed E-state index contributed by atoms with van der Waals surface area (Å²) in [5, 5.41) is 0. The fraction of sp³-hybridized carbons (Fsp3) is 0.500. The van der Waals surface area contributed by atoms with Crippen LogP contribution in [0.5, 0.6) is 0 Å². The number of allylic oxidation sites excluding steroid dienone is 8. The minimum Gasteiger partial charge on any atom is -0.0772 e. The van der Waals surface area contributed by atoms with E-state index in [2.05, 4.69) is 39.8 Å². The van der Waals surface area contributed by atoms with Gasteiger partial charge in [0.05, 0.1) is 0 Å². The first-order valence-corrected chi connectivity index (χ1v) is 6.31. The minimum atomic E-state index is 1.19. The SMILES string of the molecule is CC1=CCC(CCC2=C(C)C(C)=CC2)=C1C. The third-order valence-electron chi connectivity index (χ3n) is 4.28. The summed E-state index contributed by atoms with van der Waals surface area (Å²) in [6.45, 7) is 9.00. The van der Waals surface area contributed by atoms with Crippen molar-refractivity contribution in [2.24, 2.45) is 0 Å². The van der Waals surface area contributed by atoms with Crippen molar-refractivity contribution in [3.63, 3.8) is 0 Å². The Morgan fingerprint density at radius 2 is 1.12 bits per heavy atom. The van der Waals surface area contributed by atoms with Gasteiger partial charge in [-0.1, -0.05) is 34.4 Å². The van der Waals surface area contributed by atoms with Crippen molar-refractivity contribution in [3.8, 4) is 0 Å². The molecule has 2 aliphatic rings. The third kappa shape index (κ3) is 2.07. The standard InChI is InChI=1S/C16H22/c1-11-5-7-15(13(11)3)9-10-16-8-6-12(2)14(16)4/h5-6H,7-10H2,1-4H3. The van der Waals surface area contributed by atoms with Gasteiger partial charge in [0.25, 0.3) is 0 Å². The van der Waals surface area contributed by atoms with E-state index >= 15 is 0 Å². The molecule has 86 valence electrons. The molecule has 0 heteroatoms. The monoisotopic (exact) mass is 214 g/mol. The molecule has 0 saturated carbocycles. The van der Waals surface area contributed by atoms with Crippen LogP contribution in [0.4, 0.5) is 0 Å². The molecule has 0 aromatic heterocycles. The zero-order valence-corrected chi connectivity index (χ0v) is 11.0. The van der Waals surface area contributed by atoms with E-state index in [-0.39, 0.29) is 0 Å². The van der Waals surface area contributed by atoms with Crippen LogP contribution in [0.15, 0.2) is 45.6 Å². The molecule has 0 aromatic carbocycles. The zero-order valence-electron chi connectivity index (χ0n) is 11.0. The summed E-state index contributed by atoms with van der Waals surface area (Å²) in [5.74, 6) is 0. The van der Waals surface area contributed by atoms with E-state index in [1.54, 1.807) is 22.3 Å². The first-order chi connectivity index (χ1) is 7.59. The molecule has 0 radical (unpaired) electrons. The molecular weight excluding hydrogens is 192 g/mol. The highest BCUT2D eigenvalue weighted by Crippen LogP contribution is 2.33. The van der Waals surface area contributed by atoms with E-state index in [0.717, 1.165) is 0 Å². The Labute approximate surface area is 99.4 Å². The molecule has 0 unspecified atom stereocenters. The summed E-state index contributed by atoms with van der Waals surface area (Å²) in [7, 11) is 0. The van der Waals surface area contributed by atoms with Crippen molar-refractivity contribution < 1.29 is 0 Å². The van der Waals surface area contributed by atoms with Crippen LogP contribution in [0, 0.1) is 0 Å². The second-order valence-electron chi connectivity index (χ2n) is 5.14. The molecular formula is C16H22. The average Bonchev–Trinajstić information content (AvgIpc) is 2.74. The third-order valence-corrected chi connectivity index (χ3v) is 4.28. The minimum absolute atomic E-state index is 1.19. The summed E-state index contributed by atoms with van der Waals surface area (Å²) in [6, 6.07) is 0. The number of rotatable bonds is 3. The molecule has 0 amide bonds. The van der Waals surface area contributed by atoms with Crippen molar-refractivity contribution in [3.05, 3.63) is 45.6 Å². The van der Waals surface area contributed by atoms with Crippen LogP contribution >= 0.6 is 0 Å². The van der Waals surface area contributed by atoms with Crippen molar-refractivity contribution in [1.29, 1.82) is 0 Å². The molecule has 0 fully saturated rings. The Morgan fingerprint density at radius 1 is 0.750 bits per heavy atom. The maximum atomic E-state index is 2.37. The lowest BCUT2D eigenvalue weighted by atomic mass is 9.98. The fourth-order valence-corrected chi connectivity index (χ4v) is 2.60. The van der Waals surface area contributed by atoms with E-state index in [9.17, 15) is 0 Å². The lowest BCUT2D eigenvalue weighted by Crippen LogP contribution is -1.88. The quantitative estimate of drug-likeness (QED) is 0.613. The van der Waals surface area contributed by atoms with Gasteiger partial charge in [0.15, 0.2) is 0 Å². The molecule has 0 N–H and O–H groups in total. The highest BCUT2D eigenvalue weighted by atomic mass is 14.2. The predicted molar refractivity (Wildman–Crippen MR) is 71.4 cm³/mol. The molecule has 0 heterocycles. The molecule has 0 saturated heterocycles. The Kier molecular flexibility index (Phi) is 3.18. The molecule has 2 rings (SSSR count). The van der Waals surface area contributed by atoms with Crippen molar-refractivity contribution in [1.82, 2.24) is 0 Å². The molecule has 0 atom stereocenters. The summed E-state index contributed by atoms with van der Waals surface area (Å²) < 4.78 is 0. The van der Waals surface area contributed by atoms with Crippen LogP contribution in [0.3, 0.4) is 0 Å². The van der Waals surface area contributed by atoms with E-state index in [0.29, 0.717) is 0 Å². The van der Waals surface area contributed by atoms with Crippen LogP contribution in [0.25, 0.3) is 0 Å². The smallest absolute Gasteiger partial charge is 0.0127 e. The van der Waals surface area contributed by atoms with Gasteiger partial charge in [-0.25, -0.2) is 0 Å². The van der Waals surface area contributed by atoms with Crippen molar-refractivity contribution in [2.45, 2.75) is 53.4 Å². The molecule has 0 bridgehead atoms. The Bertz CT molecular complexity index is 383. The van der Waals surface area contributed by atoms with Gasteiger partial charge in [-0.05, 0) is 64.5 Å². The maximum Gasteiger partial charge on any atom is -0.0127 e. The van der Waals surface area contributed by atoms with E-state index in [1.165, 1.54) is 36.8 Å². The fourth-order valence-electron chi connectivity index (χ4n) is 2.60. The van der Waals surface area contributed by atoms with Crippen LogP contribution in [0.1, 0.15) is 53.4 Å². The lowest BCUT2D eigenvalue weighted by molar-refractivity contribution is 0.872. The lowest BCUT2D eigenvalue weighted by Gasteiger charge is -2.08. The van der Waals surface area contributed by atoms with Crippen LogP contribution in [0.2, 0.25) is 0 Å². The van der Waals surface area contributed by atoms with E-state index in [4.69, 9.17) is 0 Å². The topological polar surface area (TPSA) is 0 Å². The van der Waals surface area contributed by atoms with E-state index < -0.39 is 0 Å². The van der Waals surface area contributed by atoms with Gasteiger partial charge in [-0.2, -0.15) is 0 Å². The molecule has 0 aliphatic heterocycles. The van der Waals surface area contributed by atoms with Gasteiger partial charge in [-0.3, -0.25) is 0 Å². The van der Waals surface area contributed by atoms with Crippen LogP contribution in [-0.2, 0) is 0 Å². The summed E-state index contributed by atoms with van der Waals surface area (Å²) in [6.07, 6.45) is 9.63. The van der Waals surface area contributed by atoms with Crippen LogP contribution in [-0.4, -0.2) is 0 Å². The largest absolute Gasteiger partial charge is 0.0772 e. The summed E-state index contributed by atoms with van der Waals surface area (Å²) in [4.78, 5) is 0. The van der Waals surface area contributed by atoms with Gasteiger partial charge in [0.2, 0.25) is 0 Å². The van der Waals surface area contributed by atoms with E-state index in [1.807, 2.05) is 0 Å². The number of hydrogen-bond acceptors (Lipinski definition) is 0. The van der Waals surface area contributed by atoms with Gasteiger partial charge < -0.3 is 0 Å². The maximum absolute atomic E-state index is 2.37. The Morgan fingerprint density at radius 3 is 1.38 bits per heavy atom. The molecule has 0 aromatic rings. The molecule has 0 spiro atoms.